The van der Waals surface area contributed by atoms with Gasteiger partial charge in [-0.25, -0.2) is 14.2 Å². The van der Waals surface area contributed by atoms with Gasteiger partial charge in [-0.15, -0.1) is 0 Å². The van der Waals surface area contributed by atoms with Crippen LogP contribution < -0.4 is 10.4 Å². The molecule has 1 aromatic carbocycles. The molecule has 1 aromatic heterocycles. The van der Waals surface area contributed by atoms with E-state index in [-0.39, 0.29) is 0 Å². The van der Waals surface area contributed by atoms with Crippen molar-refractivity contribution >= 4 is 29.6 Å². The molecule has 2 aromatic rings. The largest absolute Gasteiger partial charge is 0.368 e. The molecule has 2 N–H and O–H groups in total. The molecule has 0 radical (unpaired) electrons. The number of amides is 1. The lowest BCUT2D eigenvalue weighted by atomic mass is 10.1. The molecule has 1 fully saturated rings. The summed E-state index contributed by atoms with van der Waals surface area (Å²) in [5.41, 5.74) is 2.57. The van der Waals surface area contributed by atoms with E-state index in [0.717, 1.165) is 42.3 Å². The maximum Gasteiger partial charge on any atom is 0.267 e. The highest BCUT2D eigenvalue weighted by molar-refractivity contribution is 7.97. The highest BCUT2D eigenvalue weighted by Gasteiger charge is 2.22. The monoisotopic (exact) mass is 416 g/mol. The Labute approximate surface area is 174 Å². The Morgan fingerprint density at radius 1 is 1.21 bits per heavy atom. The van der Waals surface area contributed by atoms with Gasteiger partial charge in [-0.05, 0) is 55.6 Å². The summed E-state index contributed by atoms with van der Waals surface area (Å²) in [6.45, 7) is 6.40. The van der Waals surface area contributed by atoms with Gasteiger partial charge in [0.25, 0.3) is 5.91 Å². The number of nitrogens with zero attached hydrogens (tertiary/aromatic N) is 3. The lowest BCUT2D eigenvalue weighted by molar-refractivity contribution is -0.124. The van der Waals surface area contributed by atoms with E-state index in [1.54, 1.807) is 35.8 Å². The SMILES string of the molecule is CC(C)(F)c1ccc(SN2CCN(c3ccccc3/C=C/C(=O)NO)CC2)cn1. The Morgan fingerprint density at radius 2 is 1.93 bits per heavy atom. The topological polar surface area (TPSA) is 68.7 Å². The van der Waals surface area contributed by atoms with Crippen LogP contribution in [0.15, 0.2) is 53.6 Å². The van der Waals surface area contributed by atoms with Crippen LogP contribution in [0.5, 0.6) is 0 Å². The zero-order valence-corrected chi connectivity index (χ0v) is 17.3. The van der Waals surface area contributed by atoms with Gasteiger partial charge in [0.05, 0.1) is 5.69 Å². The molecule has 0 unspecified atom stereocenters. The van der Waals surface area contributed by atoms with Crippen LogP contribution in [0.2, 0.25) is 0 Å². The van der Waals surface area contributed by atoms with Crippen LogP contribution in [0.3, 0.4) is 0 Å². The van der Waals surface area contributed by atoms with E-state index in [1.165, 1.54) is 19.9 Å². The second-order valence-corrected chi connectivity index (χ2v) is 8.40. The number of anilines is 1. The second-order valence-electron chi connectivity index (χ2n) is 7.23. The van der Waals surface area contributed by atoms with Gasteiger partial charge in [-0.1, -0.05) is 18.2 Å². The number of hydroxylamine groups is 1. The highest BCUT2D eigenvalue weighted by Crippen LogP contribution is 2.29. The average molecular weight is 417 g/mol. The molecule has 1 amide bonds. The van der Waals surface area contributed by atoms with Gasteiger partial charge in [-0.2, -0.15) is 0 Å². The molecule has 2 heterocycles. The number of benzene rings is 1. The number of rotatable bonds is 6. The molecule has 0 atom stereocenters. The standard InChI is InChI=1S/C21H25FN4O2S/c1-21(2,22)19-9-8-17(15-23-19)29-26-13-11-25(12-14-26)18-6-4-3-5-16(18)7-10-20(27)24-28/h3-10,15,28H,11-14H2,1-2H3,(H,24,27)/b10-7+. The molecule has 0 saturated carbocycles. The maximum absolute atomic E-state index is 13.9. The number of hydrogen-bond donors (Lipinski definition) is 2. The summed E-state index contributed by atoms with van der Waals surface area (Å²) >= 11 is 1.63. The minimum atomic E-state index is -1.44. The number of piperazine rings is 1. The van der Waals surface area contributed by atoms with Crippen LogP contribution in [-0.2, 0) is 10.5 Å². The Morgan fingerprint density at radius 3 is 2.55 bits per heavy atom. The summed E-state index contributed by atoms with van der Waals surface area (Å²) in [5, 5.41) is 8.64. The molecule has 0 aliphatic carbocycles. The third-order valence-electron chi connectivity index (χ3n) is 4.62. The van der Waals surface area contributed by atoms with Gasteiger partial charge < -0.3 is 4.90 Å². The number of carbonyl (C=O) groups excluding carboxylic acids is 1. The van der Waals surface area contributed by atoms with Gasteiger partial charge in [0.2, 0.25) is 0 Å². The summed E-state index contributed by atoms with van der Waals surface area (Å²) in [6.07, 6.45) is 4.72. The zero-order chi connectivity index (χ0) is 20.9. The number of hydrogen-bond acceptors (Lipinski definition) is 6. The highest BCUT2D eigenvalue weighted by atomic mass is 32.2. The van der Waals surface area contributed by atoms with Crippen molar-refractivity contribution in [2.24, 2.45) is 0 Å². The van der Waals surface area contributed by atoms with Crippen molar-refractivity contribution in [1.82, 2.24) is 14.8 Å². The van der Waals surface area contributed by atoms with E-state index < -0.39 is 11.6 Å². The van der Waals surface area contributed by atoms with Gasteiger partial charge in [0.1, 0.15) is 5.67 Å². The number of aromatic nitrogens is 1. The Bertz CT molecular complexity index is 860. The fourth-order valence-electron chi connectivity index (χ4n) is 3.07. The van der Waals surface area contributed by atoms with Crippen LogP contribution in [0.25, 0.3) is 6.08 Å². The van der Waals surface area contributed by atoms with Crippen LogP contribution in [-0.4, -0.2) is 46.6 Å². The van der Waals surface area contributed by atoms with Crippen LogP contribution in [0.1, 0.15) is 25.1 Å². The molecule has 1 aliphatic rings. The maximum atomic E-state index is 13.9. The number of nitrogens with one attached hydrogen (secondary N) is 1. The molecule has 0 bridgehead atoms. The molecule has 29 heavy (non-hydrogen) atoms. The van der Waals surface area contributed by atoms with Gasteiger partial charge in [-0.3, -0.25) is 15.0 Å². The van der Waals surface area contributed by atoms with E-state index >= 15 is 0 Å². The fourth-order valence-corrected chi connectivity index (χ4v) is 3.95. The number of alkyl halides is 1. The summed E-state index contributed by atoms with van der Waals surface area (Å²) in [4.78, 5) is 18.8. The first kappa shape index (κ1) is 21.3. The van der Waals surface area contributed by atoms with Crippen molar-refractivity contribution in [3.63, 3.8) is 0 Å². The zero-order valence-electron chi connectivity index (χ0n) is 16.5. The molecule has 1 aliphatic heterocycles. The molecule has 8 heteroatoms. The van der Waals surface area contributed by atoms with Crippen LogP contribution in [0.4, 0.5) is 10.1 Å². The fraction of sp³-hybridized carbons (Fsp3) is 0.333. The average Bonchev–Trinajstić information content (AvgIpc) is 2.72. The third kappa shape index (κ3) is 5.79. The summed E-state index contributed by atoms with van der Waals surface area (Å²) in [5.74, 6) is -0.559. The molecule has 1 saturated heterocycles. The lowest BCUT2D eigenvalue weighted by Gasteiger charge is -2.36. The van der Waals surface area contributed by atoms with Crippen LogP contribution in [0, 0.1) is 0 Å². The van der Waals surface area contributed by atoms with E-state index in [4.69, 9.17) is 5.21 Å². The lowest BCUT2D eigenvalue weighted by Crippen LogP contribution is -2.43. The minimum Gasteiger partial charge on any atom is -0.368 e. The Balaban J connectivity index is 1.60. The van der Waals surface area contributed by atoms with Gasteiger partial charge >= 0.3 is 0 Å². The number of carbonyl (C=O) groups is 1. The first-order chi connectivity index (χ1) is 13.9. The second kappa shape index (κ2) is 9.39. The Hall–Kier alpha value is -2.42. The van der Waals surface area contributed by atoms with Crippen molar-refractivity contribution in [3.8, 4) is 0 Å². The smallest absolute Gasteiger partial charge is 0.267 e. The van der Waals surface area contributed by atoms with Crippen molar-refractivity contribution in [2.75, 3.05) is 31.1 Å². The van der Waals surface area contributed by atoms with E-state index in [9.17, 15) is 9.18 Å². The quantitative estimate of drug-likeness (QED) is 0.324. The number of pyridine rings is 1. The van der Waals surface area contributed by atoms with E-state index in [2.05, 4.69) is 14.2 Å². The molecular weight excluding hydrogens is 391 g/mol. The van der Waals surface area contributed by atoms with Crippen LogP contribution >= 0.6 is 11.9 Å². The molecular formula is C21H25FN4O2S. The Kier molecular flexibility index (Phi) is 6.89. The molecule has 154 valence electrons. The summed E-state index contributed by atoms with van der Waals surface area (Å²) in [7, 11) is 0. The van der Waals surface area contributed by atoms with Crippen molar-refractivity contribution in [1.29, 1.82) is 0 Å². The third-order valence-corrected chi connectivity index (χ3v) is 5.70. The van der Waals surface area contributed by atoms with Crippen molar-refractivity contribution in [3.05, 3.63) is 59.9 Å². The van der Waals surface area contributed by atoms with Gasteiger partial charge in [0.15, 0.2) is 0 Å². The van der Waals surface area contributed by atoms with Crippen molar-refractivity contribution < 1.29 is 14.4 Å². The summed E-state index contributed by atoms with van der Waals surface area (Å²) < 4.78 is 16.2. The first-order valence-corrected chi connectivity index (χ1v) is 10.2. The molecule has 3 rings (SSSR count). The first-order valence-electron chi connectivity index (χ1n) is 9.41. The van der Waals surface area contributed by atoms with Crippen molar-refractivity contribution in [2.45, 2.75) is 24.4 Å². The van der Waals surface area contributed by atoms with Gasteiger partial charge in [0, 0.05) is 49.0 Å². The summed E-state index contributed by atoms with van der Waals surface area (Å²) in [6, 6.07) is 11.5. The number of para-hydroxylation sites is 1. The van der Waals surface area contributed by atoms with E-state index in [1.807, 2.05) is 30.3 Å². The predicted molar refractivity (Wildman–Crippen MR) is 113 cm³/mol. The molecule has 0 spiro atoms. The molecule has 6 nitrogen and oxygen atoms in total. The minimum absolute atomic E-state index is 0.436. The predicted octanol–water partition coefficient (Wildman–Crippen LogP) is 3.63. The van der Waals surface area contributed by atoms with E-state index in [0.29, 0.717) is 5.69 Å². The number of halogens is 1. The normalized spacial score (nSPS) is 15.7.